The second kappa shape index (κ2) is 6.40. The Morgan fingerprint density at radius 3 is 3.00 bits per heavy atom. The predicted octanol–water partition coefficient (Wildman–Crippen LogP) is 3.59. The van der Waals surface area contributed by atoms with E-state index in [1.807, 2.05) is 36.1 Å². The number of nitrogens with zero attached hydrogens (tertiary/aromatic N) is 1. The molecule has 0 aliphatic carbocycles. The number of carbonyl (C=O) groups excluding carboxylic acids is 1. The number of methoxy groups -OCH3 is 1. The average Bonchev–Trinajstić information content (AvgIpc) is 3.02. The Morgan fingerprint density at radius 2 is 2.18 bits per heavy atom. The van der Waals surface area contributed by atoms with Crippen LogP contribution in [-0.4, -0.2) is 24.6 Å². The van der Waals surface area contributed by atoms with Crippen molar-refractivity contribution >= 4 is 17.4 Å². The van der Waals surface area contributed by atoms with Crippen LogP contribution in [0.1, 0.15) is 29.0 Å². The zero-order valence-electron chi connectivity index (χ0n) is 12.8. The molecule has 1 aliphatic rings. The highest BCUT2D eigenvalue weighted by Gasteiger charge is 2.23. The lowest BCUT2D eigenvalue weighted by Crippen LogP contribution is -2.43. The fraction of sp³-hybridized carbons (Fsp3) is 0.353. The van der Waals surface area contributed by atoms with E-state index in [0.29, 0.717) is 6.54 Å². The van der Waals surface area contributed by atoms with Crippen molar-refractivity contribution in [1.82, 2.24) is 10.2 Å². The zero-order chi connectivity index (χ0) is 15.5. The maximum atomic E-state index is 12.5. The van der Waals surface area contributed by atoms with Crippen molar-refractivity contribution in [3.05, 3.63) is 51.7 Å². The molecule has 5 heteroatoms. The SMILES string of the molecule is COc1ccccc1[C@H](C)NC(=O)N1CCc2sccc2C1. The Labute approximate surface area is 134 Å². The Kier molecular flexibility index (Phi) is 4.34. The van der Waals surface area contributed by atoms with Gasteiger partial charge in [-0.25, -0.2) is 4.79 Å². The van der Waals surface area contributed by atoms with E-state index >= 15 is 0 Å². The fourth-order valence-electron chi connectivity index (χ4n) is 2.80. The van der Waals surface area contributed by atoms with Gasteiger partial charge < -0.3 is 15.0 Å². The zero-order valence-corrected chi connectivity index (χ0v) is 13.7. The summed E-state index contributed by atoms with van der Waals surface area (Å²) in [5.74, 6) is 0.800. The highest BCUT2D eigenvalue weighted by Crippen LogP contribution is 2.26. The minimum Gasteiger partial charge on any atom is -0.496 e. The molecule has 0 saturated heterocycles. The van der Waals surface area contributed by atoms with Gasteiger partial charge in [-0.1, -0.05) is 18.2 Å². The number of benzene rings is 1. The smallest absolute Gasteiger partial charge is 0.318 e. The van der Waals surface area contributed by atoms with Gasteiger partial charge in [0.2, 0.25) is 0 Å². The third kappa shape index (κ3) is 2.95. The molecule has 1 aromatic carbocycles. The van der Waals surface area contributed by atoms with Crippen LogP contribution >= 0.6 is 11.3 Å². The summed E-state index contributed by atoms with van der Waals surface area (Å²) in [4.78, 5) is 15.8. The van der Waals surface area contributed by atoms with Crippen LogP contribution in [0.5, 0.6) is 5.75 Å². The molecule has 116 valence electrons. The lowest BCUT2D eigenvalue weighted by Gasteiger charge is -2.29. The number of fused-ring (bicyclic) bond motifs is 1. The Balaban J connectivity index is 1.67. The molecule has 4 nitrogen and oxygen atoms in total. The number of urea groups is 1. The van der Waals surface area contributed by atoms with Gasteiger partial charge in [0.15, 0.2) is 0 Å². The molecule has 0 unspecified atom stereocenters. The maximum Gasteiger partial charge on any atom is 0.318 e. The van der Waals surface area contributed by atoms with E-state index < -0.39 is 0 Å². The molecule has 22 heavy (non-hydrogen) atoms. The Hall–Kier alpha value is -2.01. The minimum atomic E-state index is -0.0903. The lowest BCUT2D eigenvalue weighted by molar-refractivity contribution is 0.189. The quantitative estimate of drug-likeness (QED) is 0.940. The van der Waals surface area contributed by atoms with Crippen LogP contribution in [0.3, 0.4) is 0 Å². The largest absolute Gasteiger partial charge is 0.496 e. The average molecular weight is 316 g/mol. The van der Waals surface area contributed by atoms with E-state index in [4.69, 9.17) is 4.74 Å². The van der Waals surface area contributed by atoms with E-state index in [0.717, 1.165) is 24.3 Å². The summed E-state index contributed by atoms with van der Waals surface area (Å²) in [7, 11) is 1.65. The molecule has 2 aromatic rings. The molecule has 3 rings (SSSR count). The molecule has 1 aliphatic heterocycles. The summed E-state index contributed by atoms with van der Waals surface area (Å²) < 4.78 is 5.37. The first kappa shape index (κ1) is 14.9. The predicted molar refractivity (Wildman–Crippen MR) is 88.4 cm³/mol. The van der Waals surface area contributed by atoms with Crippen LogP contribution in [0, 0.1) is 0 Å². The van der Waals surface area contributed by atoms with Gasteiger partial charge >= 0.3 is 6.03 Å². The lowest BCUT2D eigenvalue weighted by atomic mass is 10.1. The number of nitrogens with one attached hydrogen (secondary N) is 1. The molecule has 0 spiro atoms. The van der Waals surface area contributed by atoms with Crippen molar-refractivity contribution in [1.29, 1.82) is 0 Å². The number of carbonyl (C=O) groups is 1. The van der Waals surface area contributed by atoms with E-state index in [9.17, 15) is 4.79 Å². The Morgan fingerprint density at radius 1 is 1.36 bits per heavy atom. The summed E-state index contributed by atoms with van der Waals surface area (Å²) in [6.45, 7) is 3.46. The van der Waals surface area contributed by atoms with Crippen molar-refractivity contribution in [2.45, 2.75) is 25.9 Å². The van der Waals surface area contributed by atoms with E-state index in [-0.39, 0.29) is 12.1 Å². The first-order valence-corrected chi connectivity index (χ1v) is 8.30. The summed E-state index contributed by atoms with van der Waals surface area (Å²) in [6, 6.07) is 9.79. The second-order valence-corrected chi connectivity index (χ2v) is 6.45. The number of hydrogen-bond donors (Lipinski definition) is 1. The van der Waals surface area contributed by atoms with Crippen molar-refractivity contribution in [3.63, 3.8) is 0 Å². The maximum absolute atomic E-state index is 12.5. The number of hydrogen-bond acceptors (Lipinski definition) is 3. The molecular formula is C17H20N2O2S. The molecule has 0 saturated carbocycles. The van der Waals surface area contributed by atoms with Crippen LogP contribution in [0.2, 0.25) is 0 Å². The van der Waals surface area contributed by atoms with Gasteiger partial charge in [0.25, 0.3) is 0 Å². The van der Waals surface area contributed by atoms with Gasteiger partial charge in [0, 0.05) is 23.5 Å². The van der Waals surface area contributed by atoms with Gasteiger partial charge in [-0.3, -0.25) is 0 Å². The van der Waals surface area contributed by atoms with E-state index in [1.165, 1.54) is 10.4 Å². The molecule has 1 atom stereocenters. The number of amides is 2. The minimum absolute atomic E-state index is 0.0183. The molecule has 0 fully saturated rings. The van der Waals surface area contributed by atoms with Crippen LogP contribution < -0.4 is 10.1 Å². The topological polar surface area (TPSA) is 41.6 Å². The Bertz CT molecular complexity index is 668. The molecule has 1 aromatic heterocycles. The molecular weight excluding hydrogens is 296 g/mol. The monoisotopic (exact) mass is 316 g/mol. The highest BCUT2D eigenvalue weighted by atomic mass is 32.1. The molecule has 1 N–H and O–H groups in total. The van der Waals surface area contributed by atoms with E-state index in [1.54, 1.807) is 18.4 Å². The molecule has 0 radical (unpaired) electrons. The van der Waals surface area contributed by atoms with Crippen LogP contribution in [0.15, 0.2) is 35.7 Å². The molecule has 0 bridgehead atoms. The molecule has 2 amide bonds. The van der Waals surface area contributed by atoms with Crippen molar-refractivity contribution in [2.24, 2.45) is 0 Å². The highest BCUT2D eigenvalue weighted by molar-refractivity contribution is 7.10. The van der Waals surface area contributed by atoms with Crippen LogP contribution in [-0.2, 0) is 13.0 Å². The third-order valence-corrected chi connectivity index (χ3v) is 5.06. The van der Waals surface area contributed by atoms with Crippen LogP contribution in [0.25, 0.3) is 0 Å². The molecule has 2 heterocycles. The van der Waals surface area contributed by atoms with Crippen LogP contribution in [0.4, 0.5) is 4.79 Å². The van der Waals surface area contributed by atoms with Gasteiger partial charge in [0.05, 0.1) is 13.2 Å². The summed E-state index contributed by atoms with van der Waals surface area (Å²) in [5.41, 5.74) is 2.27. The normalized spacial score (nSPS) is 15.1. The van der Waals surface area contributed by atoms with Crippen molar-refractivity contribution < 1.29 is 9.53 Å². The van der Waals surface area contributed by atoms with Gasteiger partial charge in [-0.15, -0.1) is 11.3 Å². The third-order valence-electron chi connectivity index (χ3n) is 4.04. The van der Waals surface area contributed by atoms with Crippen molar-refractivity contribution in [2.75, 3.05) is 13.7 Å². The van der Waals surface area contributed by atoms with Gasteiger partial charge in [0.1, 0.15) is 5.75 Å². The number of para-hydroxylation sites is 1. The number of thiophene rings is 1. The number of ether oxygens (including phenoxy) is 1. The fourth-order valence-corrected chi connectivity index (χ4v) is 3.69. The summed E-state index contributed by atoms with van der Waals surface area (Å²) in [6.07, 6.45) is 0.948. The van der Waals surface area contributed by atoms with E-state index in [2.05, 4.69) is 16.8 Å². The summed E-state index contributed by atoms with van der Waals surface area (Å²) >= 11 is 1.78. The van der Waals surface area contributed by atoms with Gasteiger partial charge in [-0.2, -0.15) is 0 Å². The number of rotatable bonds is 3. The second-order valence-electron chi connectivity index (χ2n) is 5.45. The summed E-state index contributed by atoms with van der Waals surface area (Å²) in [5, 5.41) is 5.17. The van der Waals surface area contributed by atoms with Gasteiger partial charge in [-0.05, 0) is 36.4 Å². The van der Waals surface area contributed by atoms with Crippen molar-refractivity contribution in [3.8, 4) is 5.75 Å². The first-order valence-electron chi connectivity index (χ1n) is 7.42. The first-order chi connectivity index (χ1) is 10.7. The standard InChI is InChI=1S/C17H20N2O2S/c1-12(14-5-3-4-6-15(14)21-2)18-17(20)19-9-7-16-13(11-19)8-10-22-16/h3-6,8,10,12H,7,9,11H2,1-2H3,(H,18,20)/t12-/m0/s1.